The van der Waals surface area contributed by atoms with Crippen LogP contribution >= 0.6 is 7.14 Å². The van der Waals surface area contributed by atoms with Crippen LogP contribution in [0.3, 0.4) is 0 Å². The molecule has 0 bridgehead atoms. The second kappa shape index (κ2) is 9.44. The van der Waals surface area contributed by atoms with Gasteiger partial charge in [0.1, 0.15) is 5.82 Å². The number of para-hydroxylation sites is 1. The standard InChI is InChI=1S/C45H29N2OP/c1-28-46-40-20-11-21-42-44(40)47(28)41-25-23-30(27-43(41)49(42,48)31-12-3-2-4-13-31)29-22-24-35-34-16-7-10-19-38(34)45(39(35)26-29)36-17-8-5-14-32(36)33-15-6-9-18-37(33)45/h2-27H,1H3. The van der Waals surface area contributed by atoms with Gasteiger partial charge in [-0.05, 0) is 92.9 Å². The van der Waals surface area contributed by atoms with Gasteiger partial charge in [0.15, 0.2) is 7.14 Å². The lowest BCUT2D eigenvalue weighted by atomic mass is 9.70. The van der Waals surface area contributed by atoms with Gasteiger partial charge in [0, 0.05) is 15.9 Å². The first kappa shape index (κ1) is 27.2. The summed E-state index contributed by atoms with van der Waals surface area (Å²) in [7, 11) is -3.24. The van der Waals surface area contributed by atoms with E-state index in [4.69, 9.17) is 4.98 Å². The molecule has 4 heteroatoms. The predicted octanol–water partition coefficient (Wildman–Crippen LogP) is 9.30. The summed E-state index contributed by atoms with van der Waals surface area (Å²) in [5.74, 6) is 0.895. The summed E-state index contributed by atoms with van der Waals surface area (Å²) in [6, 6.07) is 56.3. The van der Waals surface area contributed by atoms with Crippen molar-refractivity contribution in [2.75, 3.05) is 0 Å². The normalized spacial score (nSPS) is 17.0. The van der Waals surface area contributed by atoms with Crippen molar-refractivity contribution in [3.8, 4) is 39.1 Å². The van der Waals surface area contributed by atoms with Crippen molar-refractivity contribution in [1.82, 2.24) is 9.55 Å². The summed E-state index contributed by atoms with van der Waals surface area (Å²) in [5, 5.41) is 2.55. The Hall–Kier alpha value is -5.76. The number of benzene rings is 7. The number of hydrogen-bond acceptors (Lipinski definition) is 2. The van der Waals surface area contributed by atoms with Gasteiger partial charge in [0.25, 0.3) is 0 Å². The zero-order chi connectivity index (χ0) is 32.5. The molecular weight excluding hydrogens is 615 g/mol. The van der Waals surface area contributed by atoms with Gasteiger partial charge >= 0.3 is 0 Å². The van der Waals surface area contributed by atoms with Crippen molar-refractivity contribution < 1.29 is 4.57 Å². The van der Waals surface area contributed by atoms with E-state index in [2.05, 4.69) is 114 Å². The molecule has 1 spiro atoms. The van der Waals surface area contributed by atoms with Crippen LogP contribution in [0.1, 0.15) is 28.1 Å². The summed E-state index contributed by atoms with van der Waals surface area (Å²) in [6.07, 6.45) is 0. The predicted molar refractivity (Wildman–Crippen MR) is 200 cm³/mol. The molecule has 0 saturated carbocycles. The van der Waals surface area contributed by atoms with Crippen molar-refractivity contribution in [3.05, 3.63) is 186 Å². The average Bonchev–Trinajstić information content (AvgIpc) is 3.77. The van der Waals surface area contributed by atoms with Crippen LogP contribution in [-0.4, -0.2) is 9.55 Å². The van der Waals surface area contributed by atoms with Crippen molar-refractivity contribution in [2.45, 2.75) is 12.3 Å². The number of fused-ring (bicyclic) bond motifs is 12. The van der Waals surface area contributed by atoms with Crippen molar-refractivity contribution in [1.29, 1.82) is 0 Å². The van der Waals surface area contributed by atoms with E-state index < -0.39 is 12.6 Å². The van der Waals surface area contributed by atoms with Crippen LogP contribution in [0, 0.1) is 6.92 Å². The third-order valence-corrected chi connectivity index (χ3v) is 14.3. The van der Waals surface area contributed by atoms with Crippen LogP contribution in [-0.2, 0) is 9.98 Å². The molecule has 0 fully saturated rings. The largest absolute Gasteiger partial charge is 0.308 e. The molecule has 2 aliphatic carbocycles. The van der Waals surface area contributed by atoms with Gasteiger partial charge in [-0.15, -0.1) is 0 Å². The monoisotopic (exact) mass is 644 g/mol. The first-order valence-corrected chi connectivity index (χ1v) is 18.5. The number of hydrogen-bond donors (Lipinski definition) is 0. The Labute approximate surface area is 284 Å². The Bertz CT molecular complexity index is 2710. The molecule has 3 nitrogen and oxygen atoms in total. The first-order valence-electron chi connectivity index (χ1n) is 16.8. The van der Waals surface area contributed by atoms with Crippen molar-refractivity contribution in [2.24, 2.45) is 0 Å². The van der Waals surface area contributed by atoms with Crippen LogP contribution in [0.15, 0.2) is 158 Å². The first-order chi connectivity index (χ1) is 24.1. The lowest BCUT2D eigenvalue weighted by Gasteiger charge is -2.31. The Balaban J connectivity index is 1.19. The quantitative estimate of drug-likeness (QED) is 0.176. The molecule has 1 atom stereocenters. The van der Waals surface area contributed by atoms with E-state index in [0.717, 1.165) is 49.6 Å². The maximum atomic E-state index is 15.8. The molecule has 8 aromatic rings. The van der Waals surface area contributed by atoms with E-state index in [9.17, 15) is 0 Å². The van der Waals surface area contributed by atoms with Gasteiger partial charge in [-0.25, -0.2) is 4.98 Å². The fraction of sp³-hybridized carbons (Fsp3) is 0.0444. The molecule has 230 valence electrons. The second-order valence-corrected chi connectivity index (χ2v) is 16.1. The fourth-order valence-electron chi connectivity index (χ4n) is 9.24. The Morgan fingerprint density at radius 1 is 0.531 bits per heavy atom. The fourth-order valence-corrected chi connectivity index (χ4v) is 12.3. The Morgan fingerprint density at radius 2 is 1.10 bits per heavy atom. The van der Waals surface area contributed by atoms with Gasteiger partial charge in [0.2, 0.25) is 0 Å². The van der Waals surface area contributed by atoms with Gasteiger partial charge in [-0.1, -0.05) is 127 Å². The molecule has 1 aromatic heterocycles. The minimum absolute atomic E-state index is 0.416. The summed E-state index contributed by atoms with van der Waals surface area (Å²) < 4.78 is 18.0. The third kappa shape index (κ3) is 3.24. The number of nitrogens with zero attached hydrogens (tertiary/aromatic N) is 2. The van der Waals surface area contributed by atoms with Crippen molar-refractivity contribution >= 4 is 34.1 Å². The summed E-state index contributed by atoms with van der Waals surface area (Å²) in [5.41, 5.74) is 14.9. The highest BCUT2D eigenvalue weighted by Gasteiger charge is 2.51. The van der Waals surface area contributed by atoms with E-state index in [1.54, 1.807) is 0 Å². The zero-order valence-electron chi connectivity index (χ0n) is 26.8. The Kier molecular flexibility index (Phi) is 5.24. The third-order valence-electron chi connectivity index (χ3n) is 11.2. The molecule has 3 aliphatic rings. The molecular formula is C45H29N2OP. The van der Waals surface area contributed by atoms with E-state index in [1.165, 1.54) is 44.5 Å². The smallest absolute Gasteiger partial charge is 0.175 e. The number of rotatable bonds is 2. The maximum Gasteiger partial charge on any atom is 0.175 e. The lowest BCUT2D eigenvalue weighted by Crippen LogP contribution is -2.33. The SMILES string of the molecule is Cc1nc2cccc3c2n1-c1ccc(-c2ccc4c(c2)C2(c5ccccc5-c5ccccc52)c2ccccc2-4)cc1P3(=O)c1ccccc1. The van der Waals surface area contributed by atoms with Crippen LogP contribution in [0.2, 0.25) is 0 Å². The molecule has 11 rings (SSSR count). The van der Waals surface area contributed by atoms with Gasteiger partial charge in [0.05, 0.1) is 22.1 Å². The molecule has 0 saturated heterocycles. The molecule has 1 unspecified atom stereocenters. The van der Waals surface area contributed by atoms with E-state index in [0.29, 0.717) is 0 Å². The van der Waals surface area contributed by atoms with Crippen LogP contribution < -0.4 is 15.9 Å². The molecule has 2 heterocycles. The molecule has 0 N–H and O–H groups in total. The summed E-state index contributed by atoms with van der Waals surface area (Å²) in [6.45, 7) is 2.04. The van der Waals surface area contributed by atoms with E-state index in [1.807, 2.05) is 55.5 Å². The Morgan fingerprint density at radius 3 is 1.78 bits per heavy atom. The van der Waals surface area contributed by atoms with Crippen LogP contribution in [0.25, 0.3) is 50.1 Å². The highest BCUT2D eigenvalue weighted by atomic mass is 31.2. The minimum Gasteiger partial charge on any atom is -0.308 e. The molecule has 1 aliphatic heterocycles. The molecule has 49 heavy (non-hydrogen) atoms. The summed E-state index contributed by atoms with van der Waals surface area (Å²) in [4.78, 5) is 4.90. The van der Waals surface area contributed by atoms with Crippen LogP contribution in [0.4, 0.5) is 0 Å². The van der Waals surface area contributed by atoms with Gasteiger partial charge in [-0.2, -0.15) is 0 Å². The average molecular weight is 645 g/mol. The van der Waals surface area contributed by atoms with E-state index >= 15 is 4.57 Å². The topological polar surface area (TPSA) is 34.9 Å². The molecule has 7 aromatic carbocycles. The highest BCUT2D eigenvalue weighted by Crippen LogP contribution is 2.63. The van der Waals surface area contributed by atoms with Gasteiger partial charge < -0.3 is 4.57 Å². The van der Waals surface area contributed by atoms with Gasteiger partial charge in [-0.3, -0.25) is 4.57 Å². The highest BCUT2D eigenvalue weighted by molar-refractivity contribution is 7.86. The van der Waals surface area contributed by atoms with E-state index in [-0.39, 0.29) is 0 Å². The molecule has 0 radical (unpaired) electrons. The number of aromatic nitrogens is 2. The maximum absolute atomic E-state index is 15.8. The van der Waals surface area contributed by atoms with Crippen LogP contribution in [0.5, 0.6) is 0 Å². The van der Waals surface area contributed by atoms with Crippen molar-refractivity contribution in [3.63, 3.8) is 0 Å². The lowest BCUT2D eigenvalue weighted by molar-refractivity contribution is 0.592. The molecule has 0 amide bonds. The summed E-state index contributed by atoms with van der Waals surface area (Å²) >= 11 is 0. The minimum atomic E-state index is -3.24. The second-order valence-electron chi connectivity index (χ2n) is 13.4. The zero-order valence-corrected chi connectivity index (χ0v) is 27.7. The number of aryl methyl sites for hydroxylation is 1. The number of imidazole rings is 1.